The van der Waals surface area contributed by atoms with Crippen LogP contribution in [0, 0.1) is 6.07 Å². The van der Waals surface area contributed by atoms with E-state index in [0.29, 0.717) is 11.8 Å². The van der Waals surface area contributed by atoms with Crippen molar-refractivity contribution in [3.63, 3.8) is 0 Å². The third-order valence-electron chi connectivity index (χ3n) is 9.60. The van der Waals surface area contributed by atoms with E-state index in [1.54, 1.807) is 0 Å². The fourth-order valence-electron chi connectivity index (χ4n) is 7.47. The Morgan fingerprint density at radius 1 is 0.604 bits per heavy atom. The molecule has 0 bridgehead atoms. The summed E-state index contributed by atoms with van der Waals surface area (Å²) in [5.74, 6) is 1.64. The molecule has 0 amide bonds. The SMILES string of the molecule is CC(C)c1cccc(C(C)C)c1-n1c(-c2[c-]cc(-n3c4ccccc4c4ccccc43)c3c2sc2ccccc23)nc2ccccc21.[Ir]. The molecule has 0 aliphatic rings. The summed E-state index contributed by atoms with van der Waals surface area (Å²) in [6.45, 7) is 9.16. The van der Waals surface area contributed by atoms with E-state index < -0.39 is 0 Å². The van der Waals surface area contributed by atoms with Crippen molar-refractivity contribution < 1.29 is 20.1 Å². The molecular weight excluding hydrogens is 783 g/mol. The number of rotatable bonds is 5. The molecular formula is C43H34IrN3S-. The first-order valence-electron chi connectivity index (χ1n) is 16.5. The second-order valence-electron chi connectivity index (χ2n) is 13.1. The Morgan fingerprint density at radius 2 is 1.17 bits per heavy atom. The quantitative estimate of drug-likeness (QED) is 0.159. The topological polar surface area (TPSA) is 22.8 Å². The smallest absolute Gasteiger partial charge is 0.0774 e. The van der Waals surface area contributed by atoms with Crippen molar-refractivity contribution in [1.82, 2.24) is 14.1 Å². The Balaban J connectivity index is 0.00000336. The molecule has 0 spiro atoms. The molecule has 3 heterocycles. The Labute approximate surface area is 297 Å². The van der Waals surface area contributed by atoms with Gasteiger partial charge in [-0.3, -0.25) is 4.98 Å². The van der Waals surface area contributed by atoms with Crippen LogP contribution in [0.1, 0.15) is 50.7 Å². The van der Waals surface area contributed by atoms with Crippen LogP contribution >= 0.6 is 11.3 Å². The summed E-state index contributed by atoms with van der Waals surface area (Å²) < 4.78 is 7.32. The van der Waals surface area contributed by atoms with Crippen LogP contribution in [-0.4, -0.2) is 14.1 Å². The van der Waals surface area contributed by atoms with Gasteiger partial charge in [-0.05, 0) is 69.1 Å². The third kappa shape index (κ3) is 4.53. The van der Waals surface area contributed by atoms with Crippen LogP contribution in [0.4, 0.5) is 0 Å². The zero-order valence-electron chi connectivity index (χ0n) is 27.3. The minimum absolute atomic E-state index is 0. The number of hydrogen-bond donors (Lipinski definition) is 0. The van der Waals surface area contributed by atoms with E-state index in [-0.39, 0.29) is 20.1 Å². The maximum atomic E-state index is 5.40. The minimum Gasteiger partial charge on any atom is -0.350 e. The molecule has 1 radical (unpaired) electrons. The van der Waals surface area contributed by atoms with Crippen LogP contribution in [0.2, 0.25) is 0 Å². The number of fused-ring (bicyclic) bond motifs is 7. The van der Waals surface area contributed by atoms with Crippen molar-refractivity contribution in [1.29, 1.82) is 0 Å². The number of para-hydroxylation sites is 5. The molecule has 0 N–H and O–H groups in total. The number of aromatic nitrogens is 3. The number of benzene rings is 6. The van der Waals surface area contributed by atoms with Crippen LogP contribution in [0.15, 0.2) is 121 Å². The second kappa shape index (κ2) is 11.9. The van der Waals surface area contributed by atoms with E-state index in [1.165, 1.54) is 58.8 Å². The van der Waals surface area contributed by atoms with E-state index in [0.717, 1.165) is 28.1 Å². The minimum atomic E-state index is 0. The maximum Gasteiger partial charge on any atom is 0.0774 e. The van der Waals surface area contributed by atoms with Gasteiger partial charge in [0.15, 0.2) is 0 Å². The van der Waals surface area contributed by atoms with Gasteiger partial charge in [-0.2, -0.15) is 11.3 Å². The summed E-state index contributed by atoms with van der Waals surface area (Å²) in [6, 6.07) is 47.7. The summed E-state index contributed by atoms with van der Waals surface area (Å²) >= 11 is 1.84. The van der Waals surface area contributed by atoms with E-state index in [2.05, 4.69) is 164 Å². The normalized spacial score (nSPS) is 12.0. The van der Waals surface area contributed by atoms with Crippen LogP contribution < -0.4 is 0 Å². The molecule has 0 saturated heterocycles. The largest absolute Gasteiger partial charge is 0.350 e. The monoisotopic (exact) mass is 817 g/mol. The predicted octanol–water partition coefficient (Wildman–Crippen LogP) is 12.2. The van der Waals surface area contributed by atoms with Gasteiger partial charge in [0.1, 0.15) is 0 Å². The van der Waals surface area contributed by atoms with Gasteiger partial charge in [-0.1, -0.05) is 124 Å². The van der Waals surface area contributed by atoms with Gasteiger partial charge in [-0.25, -0.2) is 0 Å². The van der Waals surface area contributed by atoms with Gasteiger partial charge in [0.05, 0.1) is 16.9 Å². The Bertz CT molecular complexity index is 2570. The maximum absolute atomic E-state index is 5.40. The van der Waals surface area contributed by atoms with Crippen LogP contribution in [0.25, 0.3) is 75.8 Å². The molecule has 0 atom stereocenters. The number of thiophene rings is 1. The van der Waals surface area contributed by atoms with E-state index in [4.69, 9.17) is 4.98 Å². The van der Waals surface area contributed by atoms with Crippen molar-refractivity contribution >= 4 is 64.3 Å². The fourth-order valence-corrected chi connectivity index (χ4v) is 8.68. The second-order valence-corrected chi connectivity index (χ2v) is 14.1. The molecule has 5 heteroatoms. The van der Waals surface area contributed by atoms with Crippen molar-refractivity contribution in [2.45, 2.75) is 39.5 Å². The van der Waals surface area contributed by atoms with E-state index >= 15 is 0 Å². The number of nitrogens with zero attached hydrogens (tertiary/aromatic N) is 3. The molecule has 3 nitrogen and oxygen atoms in total. The summed E-state index contributed by atoms with van der Waals surface area (Å²) in [4.78, 5) is 5.40. The van der Waals surface area contributed by atoms with Gasteiger partial charge >= 0.3 is 0 Å². The first-order valence-corrected chi connectivity index (χ1v) is 17.3. The van der Waals surface area contributed by atoms with Gasteiger partial charge in [-0.15, -0.1) is 12.1 Å². The molecule has 9 aromatic rings. The van der Waals surface area contributed by atoms with Gasteiger partial charge in [0, 0.05) is 52.3 Å². The average Bonchev–Trinajstić information content (AvgIpc) is 3.77. The average molecular weight is 817 g/mol. The molecule has 0 fully saturated rings. The molecule has 3 aromatic heterocycles. The summed E-state index contributed by atoms with van der Waals surface area (Å²) in [5.41, 5.74) is 10.6. The van der Waals surface area contributed by atoms with Crippen molar-refractivity contribution in [2.75, 3.05) is 0 Å². The summed E-state index contributed by atoms with van der Waals surface area (Å²) in [5, 5.41) is 5.01. The zero-order chi connectivity index (χ0) is 31.8. The fraction of sp³-hybridized carbons (Fsp3) is 0.140. The van der Waals surface area contributed by atoms with E-state index in [9.17, 15) is 0 Å². The Hall–Kier alpha value is -4.54. The molecule has 0 saturated carbocycles. The van der Waals surface area contributed by atoms with Gasteiger partial charge < -0.3 is 9.13 Å². The molecule has 0 unspecified atom stereocenters. The molecule has 0 aliphatic carbocycles. The van der Waals surface area contributed by atoms with Crippen LogP contribution in [0.3, 0.4) is 0 Å². The first kappa shape index (κ1) is 30.8. The third-order valence-corrected chi connectivity index (χ3v) is 10.8. The molecule has 48 heavy (non-hydrogen) atoms. The number of imidazole rings is 1. The van der Waals surface area contributed by atoms with Crippen molar-refractivity contribution in [3.8, 4) is 22.8 Å². The van der Waals surface area contributed by atoms with Crippen LogP contribution in [0.5, 0.6) is 0 Å². The molecule has 0 aliphatic heterocycles. The predicted molar refractivity (Wildman–Crippen MR) is 201 cm³/mol. The zero-order valence-corrected chi connectivity index (χ0v) is 30.5. The summed E-state index contributed by atoms with van der Waals surface area (Å²) in [7, 11) is 0. The number of hydrogen-bond acceptors (Lipinski definition) is 2. The molecule has 9 rings (SSSR count). The Morgan fingerprint density at radius 3 is 1.81 bits per heavy atom. The van der Waals surface area contributed by atoms with E-state index in [1.807, 2.05) is 11.3 Å². The molecule has 237 valence electrons. The standard InChI is InChI=1S/C43H34N3S.Ir/c1-26(2)28-17-13-18-29(27(3)4)41(28)46-37-22-11-8-19-34(37)44-43(46)33-24-25-38(40-32-16-7-12-23-39(32)47-42(33)40)45-35-20-9-5-14-30(35)31-15-6-10-21-36(31)45;/h5-23,25-27H,1-4H3;/q-1;. The first-order chi connectivity index (χ1) is 23.0. The molecule has 6 aromatic carbocycles. The summed E-state index contributed by atoms with van der Waals surface area (Å²) in [6.07, 6.45) is 0. The van der Waals surface area contributed by atoms with Gasteiger partial charge in [0.25, 0.3) is 0 Å². The Kier molecular flexibility index (Phi) is 7.60. The van der Waals surface area contributed by atoms with Gasteiger partial charge in [0.2, 0.25) is 0 Å². The van der Waals surface area contributed by atoms with Crippen LogP contribution in [-0.2, 0) is 20.1 Å². The van der Waals surface area contributed by atoms with Crippen molar-refractivity contribution in [2.24, 2.45) is 0 Å². The van der Waals surface area contributed by atoms with Crippen molar-refractivity contribution in [3.05, 3.63) is 139 Å².